The maximum atomic E-state index is 12.5. The van der Waals surface area contributed by atoms with Gasteiger partial charge in [-0.05, 0) is 6.42 Å². The third-order valence-corrected chi connectivity index (χ3v) is 6.27. The molecule has 2 atom stereocenters. The van der Waals surface area contributed by atoms with E-state index in [4.69, 9.17) is 9.05 Å². The molecule has 32 heavy (non-hydrogen) atoms. The van der Waals surface area contributed by atoms with Gasteiger partial charge in [-0.3, -0.25) is 9.36 Å². The molecule has 2 unspecified atom stereocenters. The van der Waals surface area contributed by atoms with Gasteiger partial charge in [0.2, 0.25) is 5.91 Å². The van der Waals surface area contributed by atoms with Crippen molar-refractivity contribution in [2.24, 2.45) is 0 Å². The summed E-state index contributed by atoms with van der Waals surface area (Å²) in [5.41, 5.74) is 0. The van der Waals surface area contributed by atoms with Gasteiger partial charge in [0.05, 0.1) is 40.2 Å². The molecular weight excluding hydrogens is 444 g/mol. The molecule has 0 spiro atoms. The number of halogens is 3. The predicted octanol–water partition coefficient (Wildman–Crippen LogP) is 5.91. The Hall–Kier alpha value is -0.630. The quantitative estimate of drug-likeness (QED) is 0.139. The number of nitrogens with one attached hydrogen (secondary N) is 1. The minimum absolute atomic E-state index is 0.0492. The van der Waals surface area contributed by atoms with Crippen LogP contribution < -0.4 is 5.32 Å². The molecule has 0 heterocycles. The second kappa shape index (κ2) is 16.1. The molecule has 192 valence electrons. The van der Waals surface area contributed by atoms with Crippen LogP contribution in [0.2, 0.25) is 0 Å². The van der Waals surface area contributed by atoms with Crippen LogP contribution in [0.25, 0.3) is 0 Å². The van der Waals surface area contributed by atoms with Crippen LogP contribution >= 0.6 is 7.60 Å². The summed E-state index contributed by atoms with van der Waals surface area (Å²) in [4.78, 5) is 12.0. The minimum atomic E-state index is -4.38. The lowest BCUT2D eigenvalue weighted by Crippen LogP contribution is -2.39. The molecule has 0 aliphatic rings. The van der Waals surface area contributed by atoms with E-state index in [0.717, 1.165) is 25.7 Å². The smallest absolute Gasteiger partial charge is 0.351 e. The van der Waals surface area contributed by atoms with E-state index in [1.165, 1.54) is 32.3 Å². The maximum absolute atomic E-state index is 12.5. The number of hydrogen-bond acceptors (Lipinski definition) is 4. The van der Waals surface area contributed by atoms with E-state index in [9.17, 15) is 22.5 Å². The Labute approximate surface area is 192 Å². The number of amides is 1. The van der Waals surface area contributed by atoms with Crippen molar-refractivity contribution in [3.05, 3.63) is 0 Å². The highest BCUT2D eigenvalue weighted by Crippen LogP contribution is 2.43. The molecule has 0 aromatic heterocycles. The molecule has 6 nitrogen and oxygen atoms in total. The Morgan fingerprint density at radius 2 is 1.56 bits per heavy atom. The van der Waals surface area contributed by atoms with Crippen LogP contribution in [0.5, 0.6) is 0 Å². The normalized spacial score (nSPS) is 15.4. The molecule has 0 bridgehead atoms. The molecule has 10 heteroatoms. The highest BCUT2D eigenvalue weighted by molar-refractivity contribution is 7.52. The van der Waals surface area contributed by atoms with Crippen molar-refractivity contribution >= 4 is 13.5 Å². The first kappa shape index (κ1) is 31.4. The molecule has 0 aliphatic carbocycles. The molecule has 0 fully saturated rings. The molecular formula is C22H45F3N2O4P+. The van der Waals surface area contributed by atoms with Crippen molar-refractivity contribution in [2.75, 3.05) is 47.6 Å². The van der Waals surface area contributed by atoms with Crippen molar-refractivity contribution in [1.82, 2.24) is 5.32 Å². The number of rotatable bonds is 19. The SMILES string of the molecule is CCCCCCCCCCC(COP(C)(=O)OCC[N+](C)(C)C)NC(=O)CCC(F)(F)F. The fraction of sp³-hybridized carbons (Fsp3) is 0.955. The van der Waals surface area contributed by atoms with Crippen molar-refractivity contribution in [2.45, 2.75) is 89.8 Å². The van der Waals surface area contributed by atoms with E-state index in [2.05, 4.69) is 12.2 Å². The first-order chi connectivity index (χ1) is 14.7. The van der Waals surface area contributed by atoms with Gasteiger partial charge in [0.25, 0.3) is 0 Å². The van der Waals surface area contributed by atoms with E-state index in [-0.39, 0.29) is 13.2 Å². The van der Waals surface area contributed by atoms with Crippen LogP contribution in [-0.4, -0.2) is 70.2 Å². The Balaban J connectivity index is 4.53. The number of nitrogens with zero attached hydrogens (tertiary/aromatic N) is 1. The van der Waals surface area contributed by atoms with Crippen LogP contribution in [0.15, 0.2) is 0 Å². The van der Waals surface area contributed by atoms with Gasteiger partial charge in [0.1, 0.15) is 13.2 Å². The molecule has 0 aromatic rings. The molecule has 0 radical (unpaired) electrons. The third-order valence-electron chi connectivity index (χ3n) is 5.00. The van der Waals surface area contributed by atoms with E-state index in [1.807, 2.05) is 21.1 Å². The number of carbonyl (C=O) groups is 1. The average Bonchev–Trinajstić information content (AvgIpc) is 2.64. The fourth-order valence-electron chi connectivity index (χ4n) is 3.02. The van der Waals surface area contributed by atoms with Crippen molar-refractivity contribution < 1.29 is 36.1 Å². The number of hydrogen-bond donors (Lipinski definition) is 1. The number of alkyl halides is 3. The van der Waals surface area contributed by atoms with E-state index >= 15 is 0 Å². The second-order valence-corrected chi connectivity index (χ2v) is 11.6. The lowest BCUT2D eigenvalue weighted by Gasteiger charge is -2.25. The number of quaternary nitrogens is 1. The Bertz CT molecular complexity index is 554. The van der Waals surface area contributed by atoms with Crippen molar-refractivity contribution in [1.29, 1.82) is 0 Å². The van der Waals surface area contributed by atoms with Gasteiger partial charge < -0.3 is 18.8 Å². The Kier molecular flexibility index (Phi) is 15.8. The van der Waals surface area contributed by atoms with Crippen LogP contribution in [0.3, 0.4) is 0 Å². The second-order valence-electron chi connectivity index (χ2n) is 9.56. The summed E-state index contributed by atoms with van der Waals surface area (Å²) in [5.74, 6) is -0.674. The molecule has 0 rings (SSSR count). The molecule has 0 saturated heterocycles. The van der Waals surface area contributed by atoms with Gasteiger partial charge in [0, 0.05) is 13.1 Å². The van der Waals surface area contributed by atoms with E-state index < -0.39 is 38.6 Å². The van der Waals surface area contributed by atoms with Gasteiger partial charge in [0.15, 0.2) is 0 Å². The molecule has 1 amide bonds. The van der Waals surface area contributed by atoms with Gasteiger partial charge in [-0.1, -0.05) is 58.3 Å². The summed E-state index contributed by atoms with van der Waals surface area (Å²) < 4.78 is 61.2. The molecule has 0 saturated carbocycles. The largest absolute Gasteiger partial charge is 0.389 e. The monoisotopic (exact) mass is 489 g/mol. The first-order valence-electron chi connectivity index (χ1n) is 11.8. The van der Waals surface area contributed by atoms with Crippen molar-refractivity contribution in [3.8, 4) is 0 Å². The number of likely N-dealkylation sites (N-methyl/N-ethyl adjacent to an activating group) is 1. The third kappa shape index (κ3) is 21.2. The fourth-order valence-corrected chi connectivity index (χ4v) is 3.96. The lowest BCUT2D eigenvalue weighted by molar-refractivity contribution is -0.870. The highest BCUT2D eigenvalue weighted by Gasteiger charge is 2.29. The summed E-state index contributed by atoms with van der Waals surface area (Å²) in [6.45, 7) is 4.41. The minimum Gasteiger partial charge on any atom is -0.351 e. The predicted molar refractivity (Wildman–Crippen MR) is 123 cm³/mol. The van der Waals surface area contributed by atoms with Crippen LogP contribution in [0, 0.1) is 0 Å². The van der Waals surface area contributed by atoms with Crippen LogP contribution in [-0.2, 0) is 18.4 Å². The summed E-state index contributed by atoms with van der Waals surface area (Å²) >= 11 is 0. The van der Waals surface area contributed by atoms with Crippen molar-refractivity contribution in [3.63, 3.8) is 0 Å². The topological polar surface area (TPSA) is 64.6 Å². The van der Waals surface area contributed by atoms with Gasteiger partial charge in [-0.2, -0.15) is 13.2 Å². The number of unbranched alkanes of at least 4 members (excludes halogenated alkanes) is 7. The summed E-state index contributed by atoms with van der Waals surface area (Å²) in [7, 11) is 2.64. The summed E-state index contributed by atoms with van der Waals surface area (Å²) in [6, 6.07) is -0.494. The number of carbonyl (C=O) groups excluding carboxylic acids is 1. The molecule has 0 aliphatic heterocycles. The van der Waals surface area contributed by atoms with Crippen LogP contribution in [0.1, 0.15) is 77.6 Å². The molecule has 1 N–H and O–H groups in total. The maximum Gasteiger partial charge on any atom is 0.389 e. The molecule has 0 aromatic carbocycles. The zero-order chi connectivity index (χ0) is 24.7. The first-order valence-corrected chi connectivity index (χ1v) is 13.8. The summed E-state index contributed by atoms with van der Waals surface area (Å²) in [6.07, 6.45) is 3.33. The van der Waals surface area contributed by atoms with Gasteiger partial charge >= 0.3 is 13.8 Å². The van der Waals surface area contributed by atoms with E-state index in [1.54, 1.807) is 0 Å². The van der Waals surface area contributed by atoms with Crippen LogP contribution in [0.4, 0.5) is 13.2 Å². The summed E-state index contributed by atoms with van der Waals surface area (Å²) in [5, 5.41) is 2.62. The van der Waals surface area contributed by atoms with E-state index in [0.29, 0.717) is 17.4 Å². The zero-order valence-corrected chi connectivity index (χ0v) is 21.5. The Morgan fingerprint density at radius 3 is 2.09 bits per heavy atom. The standard InChI is InChI=1S/C22H44F3N2O4P/c1-6-7-8-9-10-11-12-13-14-20(26-21(28)15-16-22(23,24)25)19-31-32(5,29)30-18-17-27(2,3)4/h20H,6-19H2,1-5H3/p+1. The lowest BCUT2D eigenvalue weighted by atomic mass is 10.0. The highest BCUT2D eigenvalue weighted by atomic mass is 31.2. The zero-order valence-electron chi connectivity index (χ0n) is 20.6. The Morgan fingerprint density at radius 1 is 1.00 bits per heavy atom. The van der Waals surface area contributed by atoms with Gasteiger partial charge in [-0.15, -0.1) is 0 Å². The van der Waals surface area contributed by atoms with Gasteiger partial charge in [-0.25, -0.2) is 0 Å². The average molecular weight is 490 g/mol.